The van der Waals surface area contributed by atoms with Crippen molar-refractivity contribution in [2.45, 2.75) is 25.7 Å². The first kappa shape index (κ1) is 13.4. The number of hydrogen-bond acceptors (Lipinski definition) is 4. The molecule has 0 bridgehead atoms. The van der Waals surface area contributed by atoms with E-state index in [-0.39, 0.29) is 11.8 Å². The summed E-state index contributed by atoms with van der Waals surface area (Å²) in [5, 5.41) is 2.91. The van der Waals surface area contributed by atoms with Crippen molar-refractivity contribution in [2.24, 2.45) is 5.92 Å². The first-order valence-corrected chi connectivity index (χ1v) is 7.42. The highest BCUT2D eigenvalue weighted by atomic mass is 16.5. The molecular formula is C15H21N3O2. The summed E-state index contributed by atoms with van der Waals surface area (Å²) in [5.74, 6) is 0.767. The zero-order chi connectivity index (χ0) is 13.8. The van der Waals surface area contributed by atoms with E-state index < -0.39 is 0 Å². The highest BCUT2D eigenvalue weighted by molar-refractivity contribution is 5.91. The minimum atomic E-state index is 0.0591. The van der Waals surface area contributed by atoms with Gasteiger partial charge in [-0.1, -0.05) is 0 Å². The van der Waals surface area contributed by atoms with Crippen LogP contribution < -0.4 is 10.2 Å². The first-order valence-electron chi connectivity index (χ1n) is 7.42. The number of nitrogens with zero attached hydrogens (tertiary/aromatic N) is 2. The molecule has 1 amide bonds. The van der Waals surface area contributed by atoms with Gasteiger partial charge in [0.1, 0.15) is 5.82 Å². The Labute approximate surface area is 119 Å². The van der Waals surface area contributed by atoms with E-state index >= 15 is 0 Å². The van der Waals surface area contributed by atoms with E-state index in [9.17, 15) is 4.79 Å². The highest BCUT2D eigenvalue weighted by Gasteiger charge is 2.22. The predicted molar refractivity (Wildman–Crippen MR) is 77.9 cm³/mol. The molecule has 5 nitrogen and oxygen atoms in total. The summed E-state index contributed by atoms with van der Waals surface area (Å²) in [6, 6.07) is 3.93. The molecule has 2 aliphatic heterocycles. The summed E-state index contributed by atoms with van der Waals surface area (Å²) in [7, 11) is 0. The molecule has 0 saturated carbocycles. The fraction of sp³-hybridized carbons (Fsp3) is 0.600. The smallest absolute Gasteiger partial charge is 0.228 e. The molecule has 0 unspecified atom stereocenters. The molecule has 1 aromatic heterocycles. The summed E-state index contributed by atoms with van der Waals surface area (Å²) in [6.07, 6.45) is 5.96. The quantitative estimate of drug-likeness (QED) is 0.917. The van der Waals surface area contributed by atoms with Crippen molar-refractivity contribution < 1.29 is 9.53 Å². The third-order valence-corrected chi connectivity index (χ3v) is 4.06. The number of carbonyl (C=O) groups excluding carboxylic acids is 1. The SMILES string of the molecule is O=C(Nc1ccc(N2CCCC2)cn1)C1CCOCC1. The standard InChI is InChI=1S/C15H21N3O2/c19-15(12-5-9-20-10-6-12)17-14-4-3-13(11-16-14)18-7-1-2-8-18/h3-4,11-12H,1-2,5-10H2,(H,16,17,19). The molecule has 2 fully saturated rings. The molecular weight excluding hydrogens is 254 g/mol. The average molecular weight is 275 g/mol. The second-order valence-electron chi connectivity index (χ2n) is 5.47. The van der Waals surface area contributed by atoms with Crippen molar-refractivity contribution in [3.05, 3.63) is 18.3 Å². The number of rotatable bonds is 3. The van der Waals surface area contributed by atoms with Gasteiger partial charge in [0.05, 0.1) is 11.9 Å². The zero-order valence-corrected chi connectivity index (χ0v) is 11.7. The molecule has 3 heterocycles. The van der Waals surface area contributed by atoms with Crippen LogP contribution in [0.25, 0.3) is 0 Å². The summed E-state index contributed by atoms with van der Waals surface area (Å²) >= 11 is 0. The van der Waals surface area contributed by atoms with Gasteiger partial charge < -0.3 is 15.0 Å². The van der Waals surface area contributed by atoms with E-state index in [2.05, 4.69) is 15.2 Å². The molecule has 0 aromatic carbocycles. The van der Waals surface area contributed by atoms with Crippen LogP contribution in [0.5, 0.6) is 0 Å². The molecule has 3 rings (SSSR count). The summed E-state index contributed by atoms with van der Waals surface area (Å²) in [6.45, 7) is 3.57. The number of aromatic nitrogens is 1. The van der Waals surface area contributed by atoms with Crippen LogP contribution in [0.4, 0.5) is 11.5 Å². The predicted octanol–water partition coefficient (Wildman–Crippen LogP) is 2.05. The Kier molecular flexibility index (Phi) is 4.16. The van der Waals surface area contributed by atoms with Gasteiger partial charge in [-0.3, -0.25) is 4.79 Å². The van der Waals surface area contributed by atoms with Crippen LogP contribution in [-0.2, 0) is 9.53 Å². The van der Waals surface area contributed by atoms with Crippen LogP contribution in [0, 0.1) is 5.92 Å². The van der Waals surface area contributed by atoms with Crippen molar-refractivity contribution in [1.29, 1.82) is 0 Å². The van der Waals surface area contributed by atoms with Crippen LogP contribution in [0.3, 0.4) is 0 Å². The van der Waals surface area contributed by atoms with Gasteiger partial charge in [0.2, 0.25) is 5.91 Å². The van der Waals surface area contributed by atoms with Crippen LogP contribution in [-0.4, -0.2) is 37.2 Å². The third-order valence-electron chi connectivity index (χ3n) is 4.06. The van der Waals surface area contributed by atoms with E-state index in [1.165, 1.54) is 12.8 Å². The molecule has 0 radical (unpaired) electrons. The minimum Gasteiger partial charge on any atom is -0.381 e. The van der Waals surface area contributed by atoms with Gasteiger partial charge in [-0.25, -0.2) is 4.98 Å². The molecule has 0 atom stereocenters. The molecule has 2 saturated heterocycles. The van der Waals surface area contributed by atoms with Crippen LogP contribution in [0.1, 0.15) is 25.7 Å². The third kappa shape index (κ3) is 3.10. The largest absolute Gasteiger partial charge is 0.381 e. The van der Waals surface area contributed by atoms with E-state index in [1.54, 1.807) is 0 Å². The van der Waals surface area contributed by atoms with Crippen molar-refractivity contribution in [3.63, 3.8) is 0 Å². The Morgan fingerprint density at radius 1 is 1.25 bits per heavy atom. The summed E-state index contributed by atoms with van der Waals surface area (Å²) < 4.78 is 5.27. The molecule has 108 valence electrons. The van der Waals surface area contributed by atoms with E-state index in [1.807, 2.05) is 18.3 Å². The van der Waals surface area contributed by atoms with Crippen molar-refractivity contribution in [1.82, 2.24) is 4.98 Å². The van der Waals surface area contributed by atoms with Crippen LogP contribution >= 0.6 is 0 Å². The maximum absolute atomic E-state index is 12.1. The van der Waals surface area contributed by atoms with Crippen molar-refractivity contribution in [2.75, 3.05) is 36.5 Å². The van der Waals surface area contributed by atoms with Gasteiger partial charge >= 0.3 is 0 Å². The molecule has 1 aromatic rings. The number of amides is 1. The molecule has 0 aliphatic carbocycles. The second kappa shape index (κ2) is 6.22. The van der Waals surface area contributed by atoms with E-state index in [0.29, 0.717) is 19.0 Å². The lowest BCUT2D eigenvalue weighted by molar-refractivity contribution is -0.122. The Morgan fingerprint density at radius 3 is 2.65 bits per heavy atom. The normalized spacial score (nSPS) is 20.1. The van der Waals surface area contributed by atoms with Gasteiger partial charge in [-0.2, -0.15) is 0 Å². The Bertz CT molecular complexity index is 449. The summed E-state index contributed by atoms with van der Waals surface area (Å²) in [5.41, 5.74) is 1.14. The number of pyridine rings is 1. The van der Waals surface area contributed by atoms with Gasteiger partial charge in [0.25, 0.3) is 0 Å². The van der Waals surface area contributed by atoms with Gasteiger partial charge in [-0.05, 0) is 37.8 Å². The lowest BCUT2D eigenvalue weighted by Gasteiger charge is -2.21. The van der Waals surface area contributed by atoms with Crippen molar-refractivity contribution in [3.8, 4) is 0 Å². The summed E-state index contributed by atoms with van der Waals surface area (Å²) in [4.78, 5) is 18.8. The van der Waals surface area contributed by atoms with Gasteiger partial charge in [0, 0.05) is 32.2 Å². The minimum absolute atomic E-state index is 0.0591. The lowest BCUT2D eigenvalue weighted by atomic mass is 9.99. The molecule has 2 aliphatic rings. The van der Waals surface area contributed by atoms with Crippen molar-refractivity contribution >= 4 is 17.4 Å². The van der Waals surface area contributed by atoms with E-state index in [0.717, 1.165) is 31.6 Å². The first-order chi connectivity index (χ1) is 9.83. The van der Waals surface area contributed by atoms with E-state index in [4.69, 9.17) is 4.74 Å². The monoisotopic (exact) mass is 275 g/mol. The van der Waals surface area contributed by atoms with Crippen LogP contribution in [0.2, 0.25) is 0 Å². The number of carbonyl (C=O) groups is 1. The molecule has 5 heteroatoms. The fourth-order valence-corrected chi connectivity index (χ4v) is 2.81. The Balaban J connectivity index is 1.58. The van der Waals surface area contributed by atoms with Gasteiger partial charge in [-0.15, -0.1) is 0 Å². The number of anilines is 2. The molecule has 20 heavy (non-hydrogen) atoms. The highest BCUT2D eigenvalue weighted by Crippen LogP contribution is 2.21. The number of ether oxygens (including phenoxy) is 1. The van der Waals surface area contributed by atoms with Crippen LogP contribution in [0.15, 0.2) is 18.3 Å². The topological polar surface area (TPSA) is 54.5 Å². The Hall–Kier alpha value is -1.62. The molecule has 1 N–H and O–H groups in total. The lowest BCUT2D eigenvalue weighted by Crippen LogP contribution is -2.28. The zero-order valence-electron chi connectivity index (χ0n) is 11.7. The Morgan fingerprint density at radius 2 is 2.00 bits per heavy atom. The van der Waals surface area contributed by atoms with Gasteiger partial charge in [0.15, 0.2) is 0 Å². The number of nitrogens with one attached hydrogen (secondary N) is 1. The number of hydrogen-bond donors (Lipinski definition) is 1. The molecule has 0 spiro atoms. The average Bonchev–Trinajstić information content (AvgIpc) is 3.03. The second-order valence-corrected chi connectivity index (χ2v) is 5.47. The maximum Gasteiger partial charge on any atom is 0.228 e. The fourth-order valence-electron chi connectivity index (χ4n) is 2.81. The maximum atomic E-state index is 12.1.